The number of carboxylic acid groups (broad SMARTS) is 1. The Morgan fingerprint density at radius 2 is 1.35 bits per heavy atom. The lowest BCUT2D eigenvalue weighted by atomic mass is 10.1. The fourth-order valence-corrected chi connectivity index (χ4v) is 2.40. The van der Waals surface area contributed by atoms with E-state index in [0.29, 0.717) is 6.42 Å². The summed E-state index contributed by atoms with van der Waals surface area (Å²) < 4.78 is 1.23. The van der Waals surface area contributed by atoms with E-state index in [0.717, 1.165) is 12.8 Å². The molecular weight excluding hydrogens is 214 g/mol. The van der Waals surface area contributed by atoms with Gasteiger partial charge in [-0.2, -0.15) is 0 Å². The van der Waals surface area contributed by atoms with Crippen molar-refractivity contribution in [1.82, 2.24) is 0 Å². The highest BCUT2D eigenvalue weighted by atomic mass is 16.4. The first kappa shape index (κ1) is 16.4. The Balaban J connectivity index is 3.52. The lowest BCUT2D eigenvalue weighted by Crippen LogP contribution is -2.48. The van der Waals surface area contributed by atoms with Gasteiger partial charge in [0.25, 0.3) is 0 Å². The van der Waals surface area contributed by atoms with Crippen molar-refractivity contribution < 1.29 is 14.4 Å². The van der Waals surface area contributed by atoms with E-state index in [1.54, 1.807) is 0 Å². The van der Waals surface area contributed by atoms with Gasteiger partial charge in [-0.25, -0.2) is 0 Å². The van der Waals surface area contributed by atoms with Crippen LogP contribution < -0.4 is 0 Å². The van der Waals surface area contributed by atoms with Crippen molar-refractivity contribution in [2.24, 2.45) is 0 Å². The summed E-state index contributed by atoms with van der Waals surface area (Å²) in [6, 6.07) is 0. The number of quaternary nitrogens is 1. The van der Waals surface area contributed by atoms with E-state index in [1.165, 1.54) is 49.9 Å². The second kappa shape index (κ2) is 9.46. The van der Waals surface area contributed by atoms with Crippen LogP contribution in [0.25, 0.3) is 0 Å². The highest BCUT2D eigenvalue weighted by molar-refractivity contribution is 5.66. The van der Waals surface area contributed by atoms with Crippen LogP contribution in [0.5, 0.6) is 0 Å². The number of hydrogen-bond donors (Lipinski definition) is 1. The van der Waals surface area contributed by atoms with E-state index >= 15 is 0 Å². The molecule has 0 heterocycles. The Kier molecular flexibility index (Phi) is 9.14. The maximum atomic E-state index is 10.3. The highest BCUT2D eigenvalue weighted by Crippen LogP contribution is 2.11. The quantitative estimate of drug-likeness (QED) is 0.447. The molecule has 0 aromatic heterocycles. The van der Waals surface area contributed by atoms with Gasteiger partial charge >= 0.3 is 5.97 Å². The summed E-state index contributed by atoms with van der Waals surface area (Å²) in [5, 5.41) is 8.52. The van der Waals surface area contributed by atoms with Gasteiger partial charge in [0.15, 0.2) is 0 Å². The SMILES string of the molecule is CC[N+](CC)(CC)CCCCCCCC(=O)O. The van der Waals surface area contributed by atoms with Crippen LogP contribution >= 0.6 is 0 Å². The van der Waals surface area contributed by atoms with Crippen molar-refractivity contribution in [3.05, 3.63) is 0 Å². The summed E-state index contributed by atoms with van der Waals surface area (Å²) in [7, 11) is 0. The summed E-state index contributed by atoms with van der Waals surface area (Å²) in [5.74, 6) is -0.663. The Morgan fingerprint density at radius 1 is 0.882 bits per heavy atom. The first-order chi connectivity index (χ1) is 8.10. The fraction of sp³-hybridized carbons (Fsp3) is 0.929. The molecule has 0 rings (SSSR count). The van der Waals surface area contributed by atoms with Crippen LogP contribution in [0.4, 0.5) is 0 Å². The van der Waals surface area contributed by atoms with Gasteiger partial charge in [0.2, 0.25) is 0 Å². The Labute approximate surface area is 106 Å². The molecule has 3 heteroatoms. The van der Waals surface area contributed by atoms with Gasteiger partial charge in [-0.05, 0) is 40.0 Å². The zero-order valence-corrected chi connectivity index (χ0v) is 11.9. The molecule has 0 aromatic rings. The molecule has 0 aliphatic heterocycles. The van der Waals surface area contributed by atoms with E-state index in [9.17, 15) is 4.79 Å². The van der Waals surface area contributed by atoms with Crippen molar-refractivity contribution in [2.45, 2.75) is 59.3 Å². The fourth-order valence-electron chi connectivity index (χ4n) is 2.40. The molecule has 0 aliphatic rings. The van der Waals surface area contributed by atoms with Gasteiger partial charge in [-0.15, -0.1) is 0 Å². The van der Waals surface area contributed by atoms with E-state index in [2.05, 4.69) is 20.8 Å². The average Bonchev–Trinajstić information content (AvgIpc) is 2.33. The van der Waals surface area contributed by atoms with Crippen molar-refractivity contribution in [1.29, 1.82) is 0 Å². The van der Waals surface area contributed by atoms with Gasteiger partial charge in [0.05, 0.1) is 26.2 Å². The molecule has 1 N–H and O–H groups in total. The van der Waals surface area contributed by atoms with E-state index in [4.69, 9.17) is 5.11 Å². The van der Waals surface area contributed by atoms with Crippen LogP contribution in [0.1, 0.15) is 59.3 Å². The normalized spacial score (nSPS) is 11.7. The molecule has 17 heavy (non-hydrogen) atoms. The summed E-state index contributed by atoms with van der Waals surface area (Å²) in [4.78, 5) is 10.3. The molecule has 0 aliphatic carbocycles. The number of unbranched alkanes of at least 4 members (excludes halogenated alkanes) is 4. The Morgan fingerprint density at radius 3 is 1.82 bits per heavy atom. The van der Waals surface area contributed by atoms with Gasteiger partial charge in [-0.1, -0.05) is 12.8 Å². The van der Waals surface area contributed by atoms with E-state index in [-0.39, 0.29) is 0 Å². The van der Waals surface area contributed by atoms with Crippen LogP contribution in [0.3, 0.4) is 0 Å². The number of carboxylic acids is 1. The summed E-state index contributed by atoms with van der Waals surface area (Å²) in [5.41, 5.74) is 0. The van der Waals surface area contributed by atoms with Crippen LogP contribution in [0.15, 0.2) is 0 Å². The molecular formula is C14H30NO2+. The monoisotopic (exact) mass is 244 g/mol. The molecule has 102 valence electrons. The first-order valence-electron chi connectivity index (χ1n) is 7.17. The molecule has 0 amide bonds. The summed E-state index contributed by atoms with van der Waals surface area (Å²) in [6.07, 6.45) is 5.95. The zero-order valence-electron chi connectivity index (χ0n) is 11.9. The Bertz CT molecular complexity index is 192. The number of nitrogens with zero attached hydrogens (tertiary/aromatic N) is 1. The molecule has 0 saturated carbocycles. The topological polar surface area (TPSA) is 37.3 Å². The number of aliphatic carboxylic acids is 1. The van der Waals surface area contributed by atoms with Gasteiger partial charge in [-0.3, -0.25) is 4.79 Å². The van der Waals surface area contributed by atoms with Gasteiger partial charge in [0.1, 0.15) is 0 Å². The van der Waals surface area contributed by atoms with Gasteiger partial charge < -0.3 is 9.59 Å². The average molecular weight is 244 g/mol. The second-order valence-electron chi connectivity index (χ2n) is 4.93. The van der Waals surface area contributed by atoms with Crippen molar-refractivity contribution in [2.75, 3.05) is 26.2 Å². The van der Waals surface area contributed by atoms with E-state index < -0.39 is 5.97 Å². The van der Waals surface area contributed by atoms with Crippen molar-refractivity contribution in [3.8, 4) is 0 Å². The minimum absolute atomic E-state index is 0.332. The highest BCUT2D eigenvalue weighted by Gasteiger charge is 2.19. The summed E-state index contributed by atoms with van der Waals surface area (Å²) in [6.45, 7) is 11.8. The smallest absolute Gasteiger partial charge is 0.303 e. The van der Waals surface area contributed by atoms with E-state index in [1.807, 2.05) is 0 Å². The summed E-state index contributed by atoms with van der Waals surface area (Å²) >= 11 is 0. The van der Waals surface area contributed by atoms with Crippen LogP contribution in [-0.4, -0.2) is 41.7 Å². The molecule has 0 fully saturated rings. The standard InChI is InChI=1S/C14H29NO2/c1-4-15(5-2,6-3)13-11-9-7-8-10-12-14(16)17/h4-13H2,1-3H3/p+1. The molecule has 0 bridgehead atoms. The number of hydrogen-bond acceptors (Lipinski definition) is 1. The molecule has 0 spiro atoms. The third-order valence-electron chi connectivity index (χ3n) is 4.04. The lowest BCUT2D eigenvalue weighted by molar-refractivity contribution is -0.923. The second-order valence-corrected chi connectivity index (χ2v) is 4.93. The van der Waals surface area contributed by atoms with Crippen LogP contribution in [-0.2, 0) is 4.79 Å². The minimum atomic E-state index is -0.663. The zero-order chi connectivity index (χ0) is 13.1. The predicted octanol–water partition coefficient (Wildman–Crippen LogP) is 3.29. The van der Waals surface area contributed by atoms with Crippen LogP contribution in [0, 0.1) is 0 Å². The molecule has 0 unspecified atom stereocenters. The van der Waals surface area contributed by atoms with Crippen LogP contribution in [0.2, 0.25) is 0 Å². The third kappa shape index (κ3) is 7.37. The van der Waals surface area contributed by atoms with Crippen molar-refractivity contribution in [3.63, 3.8) is 0 Å². The number of carbonyl (C=O) groups is 1. The maximum Gasteiger partial charge on any atom is 0.303 e. The predicted molar refractivity (Wildman–Crippen MR) is 72.1 cm³/mol. The molecule has 0 saturated heterocycles. The van der Waals surface area contributed by atoms with Crippen molar-refractivity contribution >= 4 is 5.97 Å². The Hall–Kier alpha value is -0.570. The molecule has 3 nitrogen and oxygen atoms in total. The minimum Gasteiger partial charge on any atom is -0.481 e. The molecule has 0 radical (unpaired) electrons. The van der Waals surface area contributed by atoms with Gasteiger partial charge in [0, 0.05) is 6.42 Å². The maximum absolute atomic E-state index is 10.3. The molecule has 0 aromatic carbocycles. The first-order valence-corrected chi connectivity index (χ1v) is 7.17. The third-order valence-corrected chi connectivity index (χ3v) is 4.04. The molecule has 0 atom stereocenters. The number of rotatable bonds is 11. The largest absolute Gasteiger partial charge is 0.481 e. The lowest BCUT2D eigenvalue weighted by Gasteiger charge is -2.35.